The van der Waals surface area contributed by atoms with Crippen molar-refractivity contribution in [2.45, 2.75) is 6.92 Å². The Morgan fingerprint density at radius 1 is 1.47 bits per heavy atom. The van der Waals surface area contributed by atoms with Crippen molar-refractivity contribution in [1.82, 2.24) is 15.0 Å². The Kier molecular flexibility index (Phi) is 3.31. The summed E-state index contributed by atoms with van der Waals surface area (Å²) in [5.74, 6) is -0.149. The largest absolute Gasteiger partial charge is 0.287 e. The second-order valence-electron chi connectivity index (χ2n) is 3.64. The molecule has 88 valence electrons. The minimum Gasteiger partial charge on any atom is -0.287 e. The van der Waals surface area contributed by atoms with Crippen molar-refractivity contribution in [1.29, 1.82) is 0 Å². The zero-order chi connectivity index (χ0) is 12.6. The van der Waals surface area contributed by atoms with Gasteiger partial charge in [-0.3, -0.25) is 4.79 Å². The molecule has 0 saturated carbocycles. The number of aryl methyl sites for hydroxylation is 2. The Morgan fingerprint density at radius 2 is 2.18 bits per heavy atom. The Bertz CT molecular complexity index is 575. The molecule has 0 fully saturated rings. The average Bonchev–Trinajstić information content (AvgIpc) is 2.61. The molecule has 0 atom stereocenters. The van der Waals surface area contributed by atoms with Crippen LogP contribution in [0.5, 0.6) is 0 Å². The molecule has 1 aromatic heterocycles. The molecule has 0 unspecified atom stereocenters. The van der Waals surface area contributed by atoms with Gasteiger partial charge in [0, 0.05) is 17.6 Å². The van der Waals surface area contributed by atoms with Crippen LogP contribution in [0.4, 0.5) is 0 Å². The van der Waals surface area contributed by atoms with E-state index in [1.807, 2.05) is 13.0 Å². The number of carbonyl (C=O) groups is 1. The maximum Gasteiger partial charge on any atom is 0.214 e. The predicted octanol–water partition coefficient (Wildman–Crippen LogP) is 2.77. The highest BCUT2D eigenvalue weighted by atomic mass is 79.9. The lowest BCUT2D eigenvalue weighted by Crippen LogP contribution is -2.10. The van der Waals surface area contributed by atoms with E-state index in [2.05, 4.69) is 26.2 Å². The summed E-state index contributed by atoms with van der Waals surface area (Å²) in [6, 6.07) is 5.22. The topological polar surface area (TPSA) is 47.8 Å². The number of hydrogen-bond donors (Lipinski definition) is 0. The summed E-state index contributed by atoms with van der Waals surface area (Å²) in [5.41, 5.74) is 1.84. The molecule has 1 aromatic carbocycles. The normalized spacial score (nSPS) is 10.6. The number of nitrogens with zero attached hydrogens (tertiary/aromatic N) is 3. The van der Waals surface area contributed by atoms with Crippen LogP contribution in [0.15, 0.2) is 22.8 Å². The minimum absolute atomic E-state index is 0.149. The Morgan fingerprint density at radius 3 is 2.76 bits per heavy atom. The SMILES string of the molecule is Cc1ccc(Cl)cc1C(=O)c1c(Br)nnn1C. The summed E-state index contributed by atoms with van der Waals surface area (Å²) in [5, 5.41) is 8.10. The van der Waals surface area contributed by atoms with Crippen LogP contribution in [0, 0.1) is 6.92 Å². The van der Waals surface area contributed by atoms with E-state index in [4.69, 9.17) is 11.6 Å². The molecular weight excluding hydrogens is 305 g/mol. The van der Waals surface area contributed by atoms with Gasteiger partial charge in [0.25, 0.3) is 0 Å². The maximum absolute atomic E-state index is 12.3. The third kappa shape index (κ3) is 2.25. The fourth-order valence-corrected chi connectivity index (χ4v) is 2.22. The molecule has 0 aliphatic heterocycles. The predicted molar refractivity (Wildman–Crippen MR) is 68.3 cm³/mol. The van der Waals surface area contributed by atoms with Gasteiger partial charge < -0.3 is 0 Å². The van der Waals surface area contributed by atoms with Crippen LogP contribution in [0.3, 0.4) is 0 Å². The van der Waals surface area contributed by atoms with Gasteiger partial charge in [-0.15, -0.1) is 5.10 Å². The van der Waals surface area contributed by atoms with Crippen LogP contribution in [-0.2, 0) is 7.05 Å². The molecule has 6 heteroatoms. The van der Waals surface area contributed by atoms with Crippen LogP contribution >= 0.6 is 27.5 Å². The van der Waals surface area contributed by atoms with Crippen LogP contribution in [0.2, 0.25) is 5.02 Å². The lowest BCUT2D eigenvalue weighted by molar-refractivity contribution is 0.102. The number of aromatic nitrogens is 3. The maximum atomic E-state index is 12.3. The average molecular weight is 315 g/mol. The second kappa shape index (κ2) is 4.58. The first-order valence-electron chi connectivity index (χ1n) is 4.86. The van der Waals surface area contributed by atoms with Gasteiger partial charge in [-0.2, -0.15) is 0 Å². The van der Waals surface area contributed by atoms with Crippen LogP contribution in [-0.4, -0.2) is 20.8 Å². The number of rotatable bonds is 2. The summed E-state index contributed by atoms with van der Waals surface area (Å²) >= 11 is 9.11. The highest BCUT2D eigenvalue weighted by molar-refractivity contribution is 9.10. The highest BCUT2D eigenvalue weighted by Crippen LogP contribution is 2.21. The van der Waals surface area contributed by atoms with Gasteiger partial charge in [-0.05, 0) is 40.5 Å². The van der Waals surface area contributed by atoms with E-state index in [0.29, 0.717) is 20.9 Å². The number of ketones is 1. The smallest absolute Gasteiger partial charge is 0.214 e. The molecule has 0 aliphatic rings. The van der Waals surface area contributed by atoms with E-state index in [0.717, 1.165) is 5.56 Å². The zero-order valence-corrected chi connectivity index (χ0v) is 11.6. The van der Waals surface area contributed by atoms with Gasteiger partial charge in [-0.25, -0.2) is 4.68 Å². The monoisotopic (exact) mass is 313 g/mol. The van der Waals surface area contributed by atoms with Crippen molar-refractivity contribution in [3.05, 3.63) is 44.6 Å². The number of carbonyl (C=O) groups excluding carboxylic acids is 1. The number of halogens is 2. The Hall–Kier alpha value is -1.20. The van der Waals surface area contributed by atoms with Gasteiger partial charge in [0.1, 0.15) is 5.69 Å². The Labute approximate surface area is 112 Å². The van der Waals surface area contributed by atoms with E-state index in [1.165, 1.54) is 4.68 Å². The van der Waals surface area contributed by atoms with Gasteiger partial charge in [0.05, 0.1) is 0 Å². The molecule has 0 radical (unpaired) electrons. The molecule has 0 amide bonds. The number of hydrogen-bond acceptors (Lipinski definition) is 3. The minimum atomic E-state index is -0.149. The summed E-state index contributed by atoms with van der Waals surface area (Å²) in [7, 11) is 1.67. The van der Waals surface area contributed by atoms with Crippen molar-refractivity contribution < 1.29 is 4.79 Å². The van der Waals surface area contributed by atoms with E-state index < -0.39 is 0 Å². The summed E-state index contributed by atoms with van der Waals surface area (Å²) < 4.78 is 1.87. The van der Waals surface area contributed by atoms with Gasteiger partial charge in [0.2, 0.25) is 5.78 Å². The fourth-order valence-electron chi connectivity index (χ4n) is 1.54. The van der Waals surface area contributed by atoms with Crippen LogP contribution in [0.25, 0.3) is 0 Å². The van der Waals surface area contributed by atoms with Crippen LogP contribution < -0.4 is 0 Å². The van der Waals surface area contributed by atoms with Crippen molar-refractivity contribution in [3.63, 3.8) is 0 Å². The van der Waals surface area contributed by atoms with E-state index in [1.54, 1.807) is 19.2 Å². The second-order valence-corrected chi connectivity index (χ2v) is 4.83. The molecule has 2 aromatic rings. The molecule has 0 spiro atoms. The molecule has 0 N–H and O–H groups in total. The van der Waals surface area contributed by atoms with Gasteiger partial charge in [-0.1, -0.05) is 22.9 Å². The molecule has 1 heterocycles. The quantitative estimate of drug-likeness (QED) is 0.801. The number of benzene rings is 1. The fraction of sp³-hybridized carbons (Fsp3) is 0.182. The highest BCUT2D eigenvalue weighted by Gasteiger charge is 2.20. The lowest BCUT2D eigenvalue weighted by Gasteiger charge is -2.05. The van der Waals surface area contributed by atoms with E-state index in [-0.39, 0.29) is 5.78 Å². The van der Waals surface area contributed by atoms with Gasteiger partial charge >= 0.3 is 0 Å². The zero-order valence-electron chi connectivity index (χ0n) is 9.24. The van der Waals surface area contributed by atoms with Crippen LogP contribution in [0.1, 0.15) is 21.6 Å². The molecule has 4 nitrogen and oxygen atoms in total. The lowest BCUT2D eigenvalue weighted by atomic mass is 10.0. The first-order chi connectivity index (χ1) is 8.00. The Balaban J connectivity index is 2.55. The van der Waals surface area contributed by atoms with Crippen molar-refractivity contribution in [2.75, 3.05) is 0 Å². The first-order valence-corrected chi connectivity index (χ1v) is 6.04. The molecule has 17 heavy (non-hydrogen) atoms. The van der Waals surface area contributed by atoms with E-state index >= 15 is 0 Å². The third-order valence-corrected chi connectivity index (χ3v) is 3.21. The summed E-state index contributed by atoms with van der Waals surface area (Å²) in [4.78, 5) is 12.3. The van der Waals surface area contributed by atoms with Gasteiger partial charge in [0.15, 0.2) is 4.60 Å². The molecule has 0 saturated heterocycles. The van der Waals surface area contributed by atoms with Crippen molar-refractivity contribution >= 4 is 33.3 Å². The van der Waals surface area contributed by atoms with Crippen molar-refractivity contribution in [3.8, 4) is 0 Å². The molecule has 0 bridgehead atoms. The van der Waals surface area contributed by atoms with Crippen molar-refractivity contribution in [2.24, 2.45) is 7.05 Å². The molecular formula is C11H9BrClN3O. The first kappa shape index (κ1) is 12.3. The molecule has 2 rings (SSSR count). The summed E-state index contributed by atoms with van der Waals surface area (Å²) in [6.07, 6.45) is 0. The van der Waals surface area contributed by atoms with E-state index in [9.17, 15) is 4.79 Å². The summed E-state index contributed by atoms with van der Waals surface area (Å²) in [6.45, 7) is 1.86. The third-order valence-electron chi connectivity index (χ3n) is 2.45. The standard InChI is InChI=1S/C11H9BrClN3O/c1-6-3-4-7(13)5-8(6)10(17)9-11(12)14-15-16(9)2/h3-5H,1-2H3. The molecule has 0 aliphatic carbocycles.